The summed E-state index contributed by atoms with van der Waals surface area (Å²) in [5.41, 5.74) is 0.313. The van der Waals surface area contributed by atoms with E-state index >= 15 is 0 Å². The molecule has 1 atom stereocenters. The predicted octanol–water partition coefficient (Wildman–Crippen LogP) is 2.98. The lowest BCUT2D eigenvalue weighted by molar-refractivity contribution is -0.181. The molecule has 25 heavy (non-hydrogen) atoms. The third kappa shape index (κ3) is 3.00. The molecule has 1 saturated carbocycles. The molecule has 1 saturated heterocycles. The quantitative estimate of drug-likeness (QED) is 0.901. The van der Waals surface area contributed by atoms with E-state index in [1.54, 1.807) is 0 Å². The maximum absolute atomic E-state index is 12.8. The minimum absolute atomic E-state index is 0.0231. The van der Waals surface area contributed by atoms with E-state index < -0.39 is 5.97 Å². The first-order valence-corrected chi connectivity index (χ1v) is 8.72. The molecule has 1 spiro atoms. The molecule has 5 heteroatoms. The number of fused-ring (bicyclic) bond motifs is 1. The molecule has 2 fully saturated rings. The summed E-state index contributed by atoms with van der Waals surface area (Å²) in [6, 6.07) is 13.6. The molecule has 1 heterocycles. The number of carbonyl (C=O) groups excluding carboxylic acids is 1. The number of amides is 1. The van der Waals surface area contributed by atoms with Crippen LogP contribution in [0.25, 0.3) is 10.8 Å². The molecule has 0 radical (unpaired) electrons. The van der Waals surface area contributed by atoms with Gasteiger partial charge in [-0.1, -0.05) is 36.4 Å². The van der Waals surface area contributed by atoms with Crippen molar-refractivity contribution in [1.29, 1.82) is 0 Å². The number of rotatable bonds is 3. The fourth-order valence-electron chi connectivity index (χ4n) is 4.13. The van der Waals surface area contributed by atoms with E-state index in [2.05, 4.69) is 5.32 Å². The van der Waals surface area contributed by atoms with Crippen molar-refractivity contribution in [3.05, 3.63) is 48.0 Å². The highest BCUT2D eigenvalue weighted by molar-refractivity contribution is 6.07. The van der Waals surface area contributed by atoms with E-state index in [0.717, 1.165) is 17.2 Å². The summed E-state index contributed by atoms with van der Waals surface area (Å²) >= 11 is 0. The zero-order valence-corrected chi connectivity index (χ0v) is 13.9. The SMILES string of the molecule is O=C(NC1CCOC2(C1)CC(C(=O)O)C2)c1cccc2ccccc12. The van der Waals surface area contributed by atoms with Crippen LogP contribution in [0.15, 0.2) is 42.5 Å². The lowest BCUT2D eigenvalue weighted by Gasteiger charge is -2.50. The topological polar surface area (TPSA) is 75.6 Å². The molecule has 2 aliphatic rings. The van der Waals surface area contributed by atoms with E-state index in [9.17, 15) is 9.59 Å². The average molecular weight is 339 g/mol. The normalized spacial score (nSPS) is 28.5. The van der Waals surface area contributed by atoms with E-state index in [1.807, 2.05) is 42.5 Å². The molecule has 1 unspecified atom stereocenters. The monoisotopic (exact) mass is 339 g/mol. The van der Waals surface area contributed by atoms with Gasteiger partial charge in [0.05, 0.1) is 11.5 Å². The van der Waals surface area contributed by atoms with Crippen LogP contribution < -0.4 is 5.32 Å². The molecule has 1 aliphatic carbocycles. The highest BCUT2D eigenvalue weighted by atomic mass is 16.5. The van der Waals surface area contributed by atoms with Gasteiger partial charge in [0.2, 0.25) is 0 Å². The Morgan fingerprint density at radius 3 is 2.64 bits per heavy atom. The van der Waals surface area contributed by atoms with Crippen LogP contribution in [-0.2, 0) is 9.53 Å². The molecule has 0 bridgehead atoms. The molecule has 130 valence electrons. The molecule has 2 aromatic rings. The summed E-state index contributed by atoms with van der Waals surface area (Å²) in [6.07, 6.45) is 2.54. The Morgan fingerprint density at radius 1 is 1.08 bits per heavy atom. The minimum atomic E-state index is -0.754. The predicted molar refractivity (Wildman–Crippen MR) is 93.5 cm³/mol. The van der Waals surface area contributed by atoms with Crippen LogP contribution >= 0.6 is 0 Å². The number of aliphatic carboxylic acids is 1. The first-order chi connectivity index (χ1) is 12.1. The van der Waals surface area contributed by atoms with Crippen molar-refractivity contribution in [2.45, 2.75) is 37.3 Å². The summed E-state index contributed by atoms with van der Waals surface area (Å²) in [7, 11) is 0. The van der Waals surface area contributed by atoms with Gasteiger partial charge in [-0.05, 0) is 42.5 Å². The zero-order valence-electron chi connectivity index (χ0n) is 13.9. The largest absolute Gasteiger partial charge is 0.481 e. The van der Waals surface area contributed by atoms with Crippen molar-refractivity contribution in [2.24, 2.45) is 5.92 Å². The first kappa shape index (κ1) is 16.1. The molecule has 4 rings (SSSR count). The number of carboxylic acid groups (broad SMARTS) is 1. The van der Waals surface area contributed by atoms with Crippen LogP contribution in [0.5, 0.6) is 0 Å². The summed E-state index contributed by atoms with van der Waals surface area (Å²) in [4.78, 5) is 23.8. The smallest absolute Gasteiger partial charge is 0.306 e. The molecule has 2 aromatic carbocycles. The number of ether oxygens (including phenoxy) is 1. The molecule has 1 amide bonds. The highest BCUT2D eigenvalue weighted by Crippen LogP contribution is 2.46. The van der Waals surface area contributed by atoms with E-state index in [0.29, 0.717) is 31.4 Å². The Labute approximate surface area is 146 Å². The summed E-state index contributed by atoms with van der Waals surface area (Å²) in [5.74, 6) is -1.14. The number of hydrogen-bond acceptors (Lipinski definition) is 3. The number of hydrogen-bond donors (Lipinski definition) is 2. The highest BCUT2D eigenvalue weighted by Gasteiger charge is 2.51. The van der Waals surface area contributed by atoms with Crippen LogP contribution in [0.3, 0.4) is 0 Å². The molecular formula is C20H21NO4. The van der Waals surface area contributed by atoms with Crippen molar-refractivity contribution in [1.82, 2.24) is 5.32 Å². The number of benzene rings is 2. The molecule has 0 aromatic heterocycles. The summed E-state index contributed by atoms with van der Waals surface area (Å²) < 4.78 is 5.85. The van der Waals surface area contributed by atoms with Gasteiger partial charge in [0, 0.05) is 18.2 Å². The fourth-order valence-corrected chi connectivity index (χ4v) is 4.13. The van der Waals surface area contributed by atoms with E-state index in [4.69, 9.17) is 9.84 Å². The van der Waals surface area contributed by atoms with E-state index in [1.165, 1.54) is 0 Å². The zero-order chi connectivity index (χ0) is 17.4. The Kier molecular flexibility index (Phi) is 3.96. The third-order valence-electron chi connectivity index (χ3n) is 5.45. The summed E-state index contributed by atoms with van der Waals surface area (Å²) in [5, 5.41) is 14.2. The standard InChI is InChI=1S/C20H21NO4/c22-18(17-7-3-5-13-4-1-2-6-16(13)17)21-15-8-9-25-20(12-15)10-14(11-20)19(23)24/h1-7,14-15H,8-12H2,(H,21,22)(H,23,24). The Balaban J connectivity index is 1.47. The van der Waals surface area contributed by atoms with Crippen LogP contribution in [0, 0.1) is 5.92 Å². The summed E-state index contributed by atoms with van der Waals surface area (Å²) in [6.45, 7) is 0.562. The van der Waals surface area contributed by atoms with Crippen LogP contribution in [0.4, 0.5) is 0 Å². The second kappa shape index (κ2) is 6.15. The van der Waals surface area contributed by atoms with Crippen LogP contribution in [-0.4, -0.2) is 35.2 Å². The number of carboxylic acids is 1. The lowest BCUT2D eigenvalue weighted by atomic mass is 9.66. The Morgan fingerprint density at radius 2 is 1.84 bits per heavy atom. The van der Waals surface area contributed by atoms with Gasteiger partial charge in [-0.2, -0.15) is 0 Å². The molecule has 2 N–H and O–H groups in total. The minimum Gasteiger partial charge on any atom is -0.481 e. The van der Waals surface area contributed by atoms with Crippen LogP contribution in [0.1, 0.15) is 36.0 Å². The number of carbonyl (C=O) groups is 2. The molecular weight excluding hydrogens is 318 g/mol. The van der Waals surface area contributed by atoms with Gasteiger partial charge in [-0.25, -0.2) is 0 Å². The van der Waals surface area contributed by atoms with Crippen molar-refractivity contribution in [2.75, 3.05) is 6.61 Å². The maximum atomic E-state index is 12.8. The van der Waals surface area contributed by atoms with Gasteiger partial charge < -0.3 is 15.2 Å². The first-order valence-electron chi connectivity index (χ1n) is 8.72. The van der Waals surface area contributed by atoms with Crippen molar-refractivity contribution in [3.8, 4) is 0 Å². The van der Waals surface area contributed by atoms with Crippen molar-refractivity contribution in [3.63, 3.8) is 0 Å². The maximum Gasteiger partial charge on any atom is 0.306 e. The lowest BCUT2D eigenvalue weighted by Crippen LogP contribution is -2.56. The second-order valence-electron chi connectivity index (χ2n) is 7.16. The van der Waals surface area contributed by atoms with Gasteiger partial charge in [0.15, 0.2) is 0 Å². The van der Waals surface area contributed by atoms with Crippen LogP contribution in [0.2, 0.25) is 0 Å². The second-order valence-corrected chi connectivity index (χ2v) is 7.16. The Bertz CT molecular complexity index is 820. The van der Waals surface area contributed by atoms with Gasteiger partial charge in [0.1, 0.15) is 0 Å². The van der Waals surface area contributed by atoms with Crippen molar-refractivity contribution >= 4 is 22.6 Å². The Hall–Kier alpha value is -2.40. The third-order valence-corrected chi connectivity index (χ3v) is 5.45. The van der Waals surface area contributed by atoms with Gasteiger partial charge in [-0.15, -0.1) is 0 Å². The van der Waals surface area contributed by atoms with Gasteiger partial charge in [0.25, 0.3) is 5.91 Å². The number of nitrogens with one attached hydrogen (secondary N) is 1. The van der Waals surface area contributed by atoms with Crippen molar-refractivity contribution < 1.29 is 19.4 Å². The van der Waals surface area contributed by atoms with Gasteiger partial charge in [-0.3, -0.25) is 9.59 Å². The van der Waals surface area contributed by atoms with E-state index in [-0.39, 0.29) is 23.5 Å². The molecule has 5 nitrogen and oxygen atoms in total. The van der Waals surface area contributed by atoms with Gasteiger partial charge >= 0.3 is 5.97 Å². The fraction of sp³-hybridized carbons (Fsp3) is 0.400. The molecule has 1 aliphatic heterocycles. The average Bonchev–Trinajstić information content (AvgIpc) is 2.59.